The molecule has 116 valence electrons. The molecule has 0 radical (unpaired) electrons. The lowest BCUT2D eigenvalue weighted by Crippen LogP contribution is -2.27. The van der Waals surface area contributed by atoms with Crippen molar-refractivity contribution in [2.45, 2.75) is 0 Å². The van der Waals surface area contributed by atoms with Gasteiger partial charge in [0.15, 0.2) is 11.5 Å². The van der Waals surface area contributed by atoms with Gasteiger partial charge in [-0.05, 0) is 59.8 Å². The van der Waals surface area contributed by atoms with E-state index >= 15 is 0 Å². The van der Waals surface area contributed by atoms with Crippen molar-refractivity contribution in [3.05, 3.63) is 52.9 Å². The van der Waals surface area contributed by atoms with E-state index in [1.807, 2.05) is 0 Å². The Morgan fingerprint density at radius 3 is 2.26 bits per heavy atom. The lowest BCUT2D eigenvalue weighted by molar-refractivity contribution is -0.113. The number of anilines is 1. The first-order valence-corrected chi connectivity index (χ1v) is 7.36. The van der Waals surface area contributed by atoms with Crippen LogP contribution in [0.15, 0.2) is 47.4 Å². The molecule has 3 N–H and O–H groups in total. The smallest absolute Gasteiger partial charge is 0.298 e. The predicted octanol–water partition coefficient (Wildman–Crippen LogP) is 3.04. The first-order valence-electron chi connectivity index (χ1n) is 6.54. The first-order chi connectivity index (χ1) is 11.0. The number of rotatable bonds is 2. The van der Waals surface area contributed by atoms with Gasteiger partial charge in [0, 0.05) is 0 Å². The van der Waals surface area contributed by atoms with E-state index in [9.17, 15) is 24.9 Å². The summed E-state index contributed by atoms with van der Waals surface area (Å²) in [5, 5.41) is 27.6. The average molecular weight is 329 g/mol. The van der Waals surface area contributed by atoms with Crippen LogP contribution in [0.1, 0.15) is 5.56 Å². The lowest BCUT2D eigenvalue weighted by atomic mass is 10.2. The Bertz CT molecular complexity index is 829. The molecule has 1 saturated heterocycles. The number of carbonyl (C=O) groups excluding carboxylic acids is 2. The number of thioether (sulfide) groups is 1. The Balaban J connectivity index is 1.92. The van der Waals surface area contributed by atoms with Crippen LogP contribution in [0.3, 0.4) is 0 Å². The van der Waals surface area contributed by atoms with Crippen LogP contribution in [-0.4, -0.2) is 26.5 Å². The van der Waals surface area contributed by atoms with Crippen LogP contribution >= 0.6 is 11.8 Å². The highest BCUT2D eigenvalue weighted by molar-refractivity contribution is 8.19. The standard InChI is InChI=1S/C16H11NO5S/c18-11-4-2-10(3-5-11)17-15(21)14(23-16(17)22)8-9-1-6-12(19)13(20)7-9/h1-8,18-20H/b14-8-. The third kappa shape index (κ3) is 2.86. The summed E-state index contributed by atoms with van der Waals surface area (Å²) in [4.78, 5) is 25.7. The van der Waals surface area contributed by atoms with Gasteiger partial charge in [-0.15, -0.1) is 0 Å². The number of amides is 2. The summed E-state index contributed by atoms with van der Waals surface area (Å²) in [5.74, 6) is -1.02. The molecule has 0 aromatic heterocycles. The summed E-state index contributed by atoms with van der Waals surface area (Å²) >= 11 is 0.778. The van der Waals surface area contributed by atoms with Gasteiger partial charge in [0.05, 0.1) is 10.6 Å². The Kier molecular flexibility index (Phi) is 3.71. The van der Waals surface area contributed by atoms with E-state index in [1.54, 1.807) is 0 Å². The molecule has 1 aliphatic heterocycles. The zero-order valence-electron chi connectivity index (χ0n) is 11.6. The number of hydrogen-bond acceptors (Lipinski definition) is 6. The van der Waals surface area contributed by atoms with Crippen molar-refractivity contribution in [1.82, 2.24) is 0 Å². The fourth-order valence-corrected chi connectivity index (χ4v) is 2.91. The van der Waals surface area contributed by atoms with Gasteiger partial charge >= 0.3 is 0 Å². The van der Waals surface area contributed by atoms with Gasteiger partial charge in [0.1, 0.15) is 5.75 Å². The van der Waals surface area contributed by atoms with Gasteiger partial charge < -0.3 is 15.3 Å². The fraction of sp³-hybridized carbons (Fsp3) is 0. The number of phenols is 3. The van der Waals surface area contributed by atoms with Crippen LogP contribution in [0.4, 0.5) is 10.5 Å². The summed E-state index contributed by atoms with van der Waals surface area (Å²) < 4.78 is 0. The highest BCUT2D eigenvalue weighted by Gasteiger charge is 2.36. The van der Waals surface area contributed by atoms with Crippen molar-refractivity contribution in [1.29, 1.82) is 0 Å². The summed E-state index contributed by atoms with van der Waals surface area (Å²) in [7, 11) is 0. The maximum absolute atomic E-state index is 12.4. The minimum atomic E-state index is -0.488. The average Bonchev–Trinajstić information content (AvgIpc) is 2.79. The molecule has 2 amide bonds. The Morgan fingerprint density at radius 1 is 0.913 bits per heavy atom. The largest absolute Gasteiger partial charge is 0.508 e. The van der Waals surface area contributed by atoms with Crippen LogP contribution in [0, 0.1) is 0 Å². The molecular formula is C16H11NO5S. The van der Waals surface area contributed by atoms with E-state index in [4.69, 9.17) is 0 Å². The lowest BCUT2D eigenvalue weighted by Gasteiger charge is -2.12. The molecule has 6 nitrogen and oxygen atoms in total. The maximum atomic E-state index is 12.4. The summed E-state index contributed by atoms with van der Waals surface area (Å²) in [6.45, 7) is 0. The van der Waals surface area contributed by atoms with Gasteiger partial charge in [-0.1, -0.05) is 6.07 Å². The minimum Gasteiger partial charge on any atom is -0.508 e. The molecule has 0 aliphatic carbocycles. The third-order valence-electron chi connectivity index (χ3n) is 3.20. The molecule has 0 unspecified atom stereocenters. The van der Waals surface area contributed by atoms with Crippen LogP contribution in [0.25, 0.3) is 6.08 Å². The van der Waals surface area contributed by atoms with Crippen molar-refractivity contribution in [2.75, 3.05) is 4.90 Å². The summed E-state index contributed by atoms with van der Waals surface area (Å²) in [5.41, 5.74) is 0.846. The summed E-state index contributed by atoms with van der Waals surface area (Å²) in [6, 6.07) is 9.83. The van der Waals surface area contributed by atoms with E-state index in [0.29, 0.717) is 11.3 Å². The normalized spacial score (nSPS) is 16.3. The minimum absolute atomic E-state index is 0.0378. The Hall–Kier alpha value is -2.93. The Labute approximate surface area is 135 Å². The Morgan fingerprint density at radius 2 is 1.61 bits per heavy atom. The third-order valence-corrected chi connectivity index (χ3v) is 4.07. The van der Waals surface area contributed by atoms with Crippen molar-refractivity contribution in [3.63, 3.8) is 0 Å². The fourth-order valence-electron chi connectivity index (χ4n) is 2.07. The topological polar surface area (TPSA) is 98.1 Å². The van der Waals surface area contributed by atoms with Crippen LogP contribution in [-0.2, 0) is 4.79 Å². The highest BCUT2D eigenvalue weighted by Crippen LogP contribution is 2.36. The van der Waals surface area contributed by atoms with E-state index in [2.05, 4.69) is 0 Å². The molecule has 0 bridgehead atoms. The number of benzene rings is 2. The number of hydrogen-bond donors (Lipinski definition) is 3. The van der Waals surface area contributed by atoms with Crippen molar-refractivity contribution in [3.8, 4) is 17.2 Å². The number of aromatic hydroxyl groups is 3. The maximum Gasteiger partial charge on any atom is 0.298 e. The number of imide groups is 1. The zero-order valence-corrected chi connectivity index (χ0v) is 12.4. The quantitative estimate of drug-likeness (QED) is 0.579. The monoisotopic (exact) mass is 329 g/mol. The van der Waals surface area contributed by atoms with Crippen molar-refractivity contribution >= 4 is 34.7 Å². The van der Waals surface area contributed by atoms with Gasteiger partial charge in [-0.25, -0.2) is 4.90 Å². The van der Waals surface area contributed by atoms with E-state index in [0.717, 1.165) is 16.7 Å². The SMILES string of the molecule is O=C1S/C(=C\c2ccc(O)c(O)c2)C(=O)N1c1ccc(O)cc1. The second kappa shape index (κ2) is 5.69. The molecule has 0 saturated carbocycles. The molecular weight excluding hydrogens is 318 g/mol. The van der Waals surface area contributed by atoms with Crippen LogP contribution in [0.5, 0.6) is 17.2 Å². The second-order valence-electron chi connectivity index (χ2n) is 4.78. The number of nitrogens with zero attached hydrogens (tertiary/aromatic N) is 1. The molecule has 2 aromatic rings. The van der Waals surface area contributed by atoms with Crippen molar-refractivity contribution in [2.24, 2.45) is 0 Å². The molecule has 1 fully saturated rings. The molecule has 7 heteroatoms. The molecule has 0 atom stereocenters. The molecule has 2 aromatic carbocycles. The summed E-state index contributed by atoms with van der Waals surface area (Å²) in [6.07, 6.45) is 1.46. The number of carbonyl (C=O) groups is 2. The molecule has 0 spiro atoms. The molecule has 1 heterocycles. The van der Waals surface area contributed by atoms with E-state index < -0.39 is 11.1 Å². The highest BCUT2D eigenvalue weighted by atomic mass is 32.2. The van der Waals surface area contributed by atoms with Gasteiger partial charge in [-0.3, -0.25) is 9.59 Å². The van der Waals surface area contributed by atoms with E-state index in [1.165, 1.54) is 48.5 Å². The molecule has 23 heavy (non-hydrogen) atoms. The van der Waals surface area contributed by atoms with Gasteiger partial charge in [-0.2, -0.15) is 0 Å². The van der Waals surface area contributed by atoms with Crippen molar-refractivity contribution < 1.29 is 24.9 Å². The van der Waals surface area contributed by atoms with Crippen LogP contribution in [0.2, 0.25) is 0 Å². The first kappa shape index (κ1) is 15.0. The van der Waals surface area contributed by atoms with Gasteiger partial charge in [0.25, 0.3) is 11.1 Å². The predicted molar refractivity (Wildman–Crippen MR) is 86.3 cm³/mol. The molecule has 3 rings (SSSR count). The second-order valence-corrected chi connectivity index (χ2v) is 5.77. The number of phenolic OH excluding ortho intramolecular Hbond substituents is 3. The van der Waals surface area contributed by atoms with Crippen LogP contribution < -0.4 is 4.90 Å². The zero-order chi connectivity index (χ0) is 16.6. The van der Waals surface area contributed by atoms with Gasteiger partial charge in [0.2, 0.25) is 0 Å². The molecule has 1 aliphatic rings. The van der Waals surface area contributed by atoms with E-state index in [-0.39, 0.29) is 22.2 Å².